The summed E-state index contributed by atoms with van der Waals surface area (Å²) in [7, 11) is 0. The Morgan fingerprint density at radius 2 is 1.88 bits per heavy atom. The summed E-state index contributed by atoms with van der Waals surface area (Å²) in [6, 6.07) is 13.7. The van der Waals surface area contributed by atoms with Gasteiger partial charge in [-0.05, 0) is 46.7 Å². The number of guanidine groups is 1. The highest BCUT2D eigenvalue weighted by Gasteiger charge is 2.17. The predicted molar refractivity (Wildman–Crippen MR) is 95.0 cm³/mol. The van der Waals surface area contributed by atoms with Crippen molar-refractivity contribution in [3.05, 3.63) is 76.4 Å². The number of hydrogen-bond donors (Lipinski definition) is 4. The van der Waals surface area contributed by atoms with Gasteiger partial charge in [0.05, 0.1) is 6.61 Å². The quantitative estimate of drug-likeness (QED) is 0.509. The first-order chi connectivity index (χ1) is 11.6. The van der Waals surface area contributed by atoms with E-state index in [9.17, 15) is 10.2 Å². The van der Waals surface area contributed by atoms with Gasteiger partial charge in [0.2, 0.25) is 0 Å². The van der Waals surface area contributed by atoms with Gasteiger partial charge >= 0.3 is 0 Å². The van der Waals surface area contributed by atoms with Gasteiger partial charge in [-0.25, -0.2) is 4.99 Å². The molecule has 1 aliphatic carbocycles. The Morgan fingerprint density at radius 1 is 1.12 bits per heavy atom. The summed E-state index contributed by atoms with van der Waals surface area (Å²) in [6.07, 6.45) is 3.07. The summed E-state index contributed by atoms with van der Waals surface area (Å²) in [6.45, 7) is 0.0325. The maximum atomic E-state index is 10.1. The van der Waals surface area contributed by atoms with Crippen LogP contribution in [0.25, 0.3) is 5.57 Å². The molecule has 0 heterocycles. The number of nitrogens with two attached hydrogens (primary N) is 2. The number of fused-ring (bicyclic) bond motifs is 1. The number of hydrogen-bond acceptors (Lipinski definition) is 3. The van der Waals surface area contributed by atoms with Gasteiger partial charge in [0.1, 0.15) is 0 Å². The number of aryl methyl sites for hydroxylation is 1. The fraction of sp³-hybridized carbons (Fsp3) is 0.211. The van der Waals surface area contributed by atoms with Crippen molar-refractivity contribution in [2.75, 3.05) is 0 Å². The van der Waals surface area contributed by atoms with E-state index in [0.717, 1.165) is 35.1 Å². The van der Waals surface area contributed by atoms with Crippen molar-refractivity contribution in [2.45, 2.75) is 25.7 Å². The molecule has 0 aromatic heterocycles. The van der Waals surface area contributed by atoms with Crippen LogP contribution in [0.15, 0.2) is 53.5 Å². The van der Waals surface area contributed by atoms with E-state index in [4.69, 9.17) is 11.5 Å². The van der Waals surface area contributed by atoms with E-state index in [-0.39, 0.29) is 12.6 Å². The normalized spacial score (nSPS) is 14.5. The molecule has 0 fully saturated rings. The Hall–Kier alpha value is -2.63. The highest BCUT2D eigenvalue weighted by molar-refractivity contribution is 5.83. The molecule has 1 unspecified atom stereocenters. The second-order valence-corrected chi connectivity index (χ2v) is 5.86. The van der Waals surface area contributed by atoms with Crippen LogP contribution in [0.2, 0.25) is 0 Å². The van der Waals surface area contributed by atoms with Gasteiger partial charge in [-0.15, -0.1) is 0 Å². The molecule has 0 radical (unpaired) electrons. The highest BCUT2D eigenvalue weighted by Crippen LogP contribution is 2.33. The molecule has 6 N–H and O–H groups in total. The van der Waals surface area contributed by atoms with Gasteiger partial charge in [-0.2, -0.15) is 0 Å². The monoisotopic (exact) mass is 323 g/mol. The number of aliphatic hydroxyl groups excluding tert-OH is 2. The van der Waals surface area contributed by atoms with Crippen LogP contribution in [0, 0.1) is 0 Å². The zero-order valence-electron chi connectivity index (χ0n) is 13.3. The number of allylic oxidation sites excluding steroid dienone is 1. The lowest BCUT2D eigenvalue weighted by atomic mass is 9.85. The molecule has 5 nitrogen and oxygen atoms in total. The molecule has 5 heteroatoms. The molecule has 124 valence electrons. The van der Waals surface area contributed by atoms with Crippen molar-refractivity contribution in [1.82, 2.24) is 0 Å². The molecule has 0 saturated carbocycles. The summed E-state index contributed by atoms with van der Waals surface area (Å²) < 4.78 is 0. The minimum atomic E-state index is -1.07. The second-order valence-electron chi connectivity index (χ2n) is 5.86. The molecule has 0 saturated heterocycles. The van der Waals surface area contributed by atoms with Gasteiger partial charge in [0, 0.05) is 5.56 Å². The lowest BCUT2D eigenvalue weighted by Gasteiger charge is -2.20. The Balaban J connectivity index is 2.00. The topological polar surface area (TPSA) is 105 Å². The van der Waals surface area contributed by atoms with E-state index in [1.54, 1.807) is 0 Å². The van der Waals surface area contributed by atoms with Gasteiger partial charge in [0.25, 0.3) is 0 Å². The third kappa shape index (κ3) is 3.32. The molecule has 24 heavy (non-hydrogen) atoms. The van der Waals surface area contributed by atoms with E-state index >= 15 is 0 Å². The first kappa shape index (κ1) is 16.2. The number of rotatable bonds is 4. The Kier molecular flexibility index (Phi) is 4.64. The minimum Gasteiger partial charge on any atom is -0.392 e. The predicted octanol–water partition coefficient (Wildman–Crippen LogP) is 1.82. The molecule has 3 rings (SSSR count). The second kappa shape index (κ2) is 6.86. The van der Waals surface area contributed by atoms with Gasteiger partial charge in [-0.1, -0.05) is 42.5 Å². The lowest BCUT2D eigenvalue weighted by molar-refractivity contribution is 0.188. The number of benzene rings is 2. The summed E-state index contributed by atoms with van der Waals surface area (Å²) in [5.41, 5.74) is 16.8. The van der Waals surface area contributed by atoms with Crippen molar-refractivity contribution in [1.29, 1.82) is 0 Å². The van der Waals surface area contributed by atoms with Crippen LogP contribution >= 0.6 is 0 Å². The zero-order chi connectivity index (χ0) is 17.1. The fourth-order valence-corrected chi connectivity index (χ4v) is 2.98. The third-order valence-corrected chi connectivity index (χ3v) is 4.20. The number of nitrogens with zero attached hydrogens (tertiary/aromatic N) is 1. The molecule has 0 aliphatic heterocycles. The highest BCUT2D eigenvalue weighted by atomic mass is 16.3. The van der Waals surface area contributed by atoms with Crippen LogP contribution in [0.4, 0.5) is 0 Å². The third-order valence-electron chi connectivity index (χ3n) is 4.20. The summed E-state index contributed by atoms with van der Waals surface area (Å²) in [5.74, 6) is -0.143. The Bertz CT molecular complexity index is 791. The van der Waals surface area contributed by atoms with Crippen LogP contribution in [-0.2, 0) is 13.0 Å². The minimum absolute atomic E-state index is 0.0325. The van der Waals surface area contributed by atoms with E-state index in [2.05, 4.69) is 11.1 Å². The van der Waals surface area contributed by atoms with Crippen molar-refractivity contribution >= 4 is 11.5 Å². The van der Waals surface area contributed by atoms with Crippen LogP contribution in [0.5, 0.6) is 0 Å². The standard InChI is InChI=1S/C19H21N3O2/c20-19(21)22-18(24)15-9-8-13-2-1-3-16(17(13)10-15)14-6-4-12(11-23)5-7-14/h3-10,18,23-24H,1-2,11H2,(H4,20,21,22). The maximum absolute atomic E-state index is 10.1. The molecule has 0 bridgehead atoms. The zero-order valence-corrected chi connectivity index (χ0v) is 13.3. The SMILES string of the molecule is NC(N)=NC(O)c1ccc2c(c1)C(c1ccc(CO)cc1)=CCC2. The molecule has 2 aromatic rings. The summed E-state index contributed by atoms with van der Waals surface area (Å²) in [5, 5.41) is 19.3. The average Bonchev–Trinajstić information content (AvgIpc) is 2.60. The molecule has 0 spiro atoms. The number of aliphatic imine (C=N–C) groups is 1. The molecular formula is C19H21N3O2. The molecular weight excluding hydrogens is 302 g/mol. The summed E-state index contributed by atoms with van der Waals surface area (Å²) in [4.78, 5) is 3.80. The van der Waals surface area contributed by atoms with Crippen molar-refractivity contribution in [2.24, 2.45) is 16.5 Å². The smallest absolute Gasteiger partial charge is 0.188 e. The first-order valence-corrected chi connectivity index (χ1v) is 7.89. The van der Waals surface area contributed by atoms with Crippen LogP contribution in [-0.4, -0.2) is 16.2 Å². The van der Waals surface area contributed by atoms with Crippen LogP contribution < -0.4 is 11.5 Å². The van der Waals surface area contributed by atoms with E-state index in [1.807, 2.05) is 42.5 Å². The van der Waals surface area contributed by atoms with Crippen molar-refractivity contribution < 1.29 is 10.2 Å². The Morgan fingerprint density at radius 3 is 2.54 bits per heavy atom. The van der Waals surface area contributed by atoms with Gasteiger partial charge < -0.3 is 21.7 Å². The summed E-state index contributed by atoms with van der Waals surface area (Å²) >= 11 is 0. The maximum Gasteiger partial charge on any atom is 0.188 e. The van der Waals surface area contributed by atoms with E-state index < -0.39 is 6.23 Å². The molecule has 1 atom stereocenters. The van der Waals surface area contributed by atoms with Crippen molar-refractivity contribution in [3.63, 3.8) is 0 Å². The average molecular weight is 323 g/mol. The fourth-order valence-electron chi connectivity index (χ4n) is 2.98. The molecule has 2 aromatic carbocycles. The van der Waals surface area contributed by atoms with E-state index in [0.29, 0.717) is 5.56 Å². The molecule has 0 amide bonds. The number of aliphatic hydroxyl groups is 2. The Labute approximate surface area is 141 Å². The van der Waals surface area contributed by atoms with E-state index in [1.165, 1.54) is 5.56 Å². The van der Waals surface area contributed by atoms with Gasteiger partial charge in [0.15, 0.2) is 12.2 Å². The van der Waals surface area contributed by atoms with Crippen LogP contribution in [0.1, 0.15) is 40.5 Å². The van der Waals surface area contributed by atoms with Gasteiger partial charge in [-0.3, -0.25) is 0 Å². The molecule has 1 aliphatic rings. The largest absolute Gasteiger partial charge is 0.392 e. The van der Waals surface area contributed by atoms with Crippen molar-refractivity contribution in [3.8, 4) is 0 Å². The first-order valence-electron chi connectivity index (χ1n) is 7.89. The lowest BCUT2D eigenvalue weighted by Crippen LogP contribution is -2.23. The van der Waals surface area contributed by atoms with Crippen LogP contribution in [0.3, 0.4) is 0 Å².